The maximum absolute atomic E-state index is 9.05. The number of ether oxygens (including phenoxy) is 1. The zero-order valence-corrected chi connectivity index (χ0v) is 11.3. The first-order valence-electron chi connectivity index (χ1n) is 6.66. The normalized spacial score (nSPS) is 10.4. The van der Waals surface area contributed by atoms with Gasteiger partial charge in [0.2, 0.25) is 0 Å². The summed E-state index contributed by atoms with van der Waals surface area (Å²) in [5.41, 5.74) is 3.54. The van der Waals surface area contributed by atoms with E-state index in [0.29, 0.717) is 6.61 Å². The largest absolute Gasteiger partial charge is 0.494 e. The fraction of sp³-hybridized carbons (Fsp3) is 0.294. The highest BCUT2D eigenvalue weighted by Crippen LogP contribution is 2.14. The van der Waals surface area contributed by atoms with Gasteiger partial charge in [-0.15, -0.1) is 0 Å². The van der Waals surface area contributed by atoms with E-state index in [1.807, 2.05) is 24.3 Å². The first-order valence-corrected chi connectivity index (χ1v) is 6.66. The summed E-state index contributed by atoms with van der Waals surface area (Å²) in [6.07, 6.45) is 2.02. The maximum Gasteiger partial charge on any atom is 0.119 e. The fourth-order valence-electron chi connectivity index (χ4n) is 2.07. The Morgan fingerprint density at radius 1 is 1.00 bits per heavy atom. The molecule has 0 aliphatic rings. The van der Waals surface area contributed by atoms with E-state index >= 15 is 0 Å². The second-order valence-electron chi connectivity index (χ2n) is 4.75. The van der Waals surface area contributed by atoms with Crippen molar-refractivity contribution in [2.75, 3.05) is 6.61 Å². The Bertz CT molecular complexity index is 520. The van der Waals surface area contributed by atoms with Crippen LogP contribution in [0.4, 0.5) is 0 Å². The van der Waals surface area contributed by atoms with Gasteiger partial charge in [-0.3, -0.25) is 0 Å². The van der Waals surface area contributed by atoms with Crippen LogP contribution in [0.5, 0.6) is 5.75 Å². The summed E-state index contributed by atoms with van der Waals surface area (Å²) in [4.78, 5) is 0. The van der Waals surface area contributed by atoms with Crippen LogP contribution in [0.1, 0.15) is 23.1 Å². The molecule has 0 unspecified atom stereocenters. The summed E-state index contributed by atoms with van der Waals surface area (Å²) >= 11 is 0. The lowest BCUT2D eigenvalue weighted by Gasteiger charge is -2.07. The summed E-state index contributed by atoms with van der Waals surface area (Å²) in [6, 6.07) is 16.2. The van der Waals surface area contributed by atoms with E-state index in [1.54, 1.807) is 0 Å². The molecule has 0 fully saturated rings. The van der Waals surface area contributed by atoms with Gasteiger partial charge in [-0.05, 0) is 43.0 Å². The molecular formula is C17H20O2. The van der Waals surface area contributed by atoms with Crippen LogP contribution < -0.4 is 4.74 Å². The number of rotatable bonds is 6. The van der Waals surface area contributed by atoms with Crippen molar-refractivity contribution < 1.29 is 9.84 Å². The lowest BCUT2D eigenvalue weighted by molar-refractivity contribution is 0.278. The van der Waals surface area contributed by atoms with E-state index in [0.717, 1.165) is 24.2 Å². The molecule has 2 nitrogen and oxygen atoms in total. The Kier molecular flexibility index (Phi) is 4.99. The Morgan fingerprint density at radius 2 is 1.79 bits per heavy atom. The molecule has 0 saturated heterocycles. The fourth-order valence-corrected chi connectivity index (χ4v) is 2.07. The third-order valence-electron chi connectivity index (χ3n) is 3.04. The Morgan fingerprint density at radius 3 is 2.58 bits per heavy atom. The molecule has 100 valence electrons. The van der Waals surface area contributed by atoms with Gasteiger partial charge in [0.15, 0.2) is 0 Å². The van der Waals surface area contributed by atoms with Gasteiger partial charge in [-0.2, -0.15) is 0 Å². The van der Waals surface area contributed by atoms with Gasteiger partial charge in [0.25, 0.3) is 0 Å². The molecule has 2 aromatic carbocycles. The number of aliphatic hydroxyl groups is 1. The lowest BCUT2D eigenvalue weighted by atomic mass is 10.1. The average molecular weight is 256 g/mol. The van der Waals surface area contributed by atoms with Crippen LogP contribution >= 0.6 is 0 Å². The van der Waals surface area contributed by atoms with E-state index < -0.39 is 0 Å². The van der Waals surface area contributed by atoms with Crippen LogP contribution in [0, 0.1) is 6.92 Å². The SMILES string of the molecule is Cc1cccc(CCCOc2cccc(CO)c2)c1. The van der Waals surface area contributed by atoms with Crippen molar-refractivity contribution in [3.8, 4) is 5.75 Å². The van der Waals surface area contributed by atoms with Crippen LogP contribution in [-0.2, 0) is 13.0 Å². The van der Waals surface area contributed by atoms with Gasteiger partial charge in [0.05, 0.1) is 13.2 Å². The summed E-state index contributed by atoms with van der Waals surface area (Å²) < 4.78 is 5.69. The minimum Gasteiger partial charge on any atom is -0.494 e. The van der Waals surface area contributed by atoms with Crippen molar-refractivity contribution in [3.05, 3.63) is 65.2 Å². The molecular weight excluding hydrogens is 236 g/mol. The van der Waals surface area contributed by atoms with E-state index in [4.69, 9.17) is 9.84 Å². The second-order valence-corrected chi connectivity index (χ2v) is 4.75. The molecule has 0 radical (unpaired) electrons. The lowest BCUT2D eigenvalue weighted by Crippen LogP contribution is -2.00. The monoisotopic (exact) mass is 256 g/mol. The van der Waals surface area contributed by atoms with Crippen molar-refractivity contribution in [1.82, 2.24) is 0 Å². The van der Waals surface area contributed by atoms with Gasteiger partial charge in [0, 0.05) is 0 Å². The molecule has 0 atom stereocenters. The van der Waals surface area contributed by atoms with Gasteiger partial charge in [0.1, 0.15) is 5.75 Å². The molecule has 0 spiro atoms. The molecule has 0 aromatic heterocycles. The van der Waals surface area contributed by atoms with E-state index in [-0.39, 0.29) is 6.61 Å². The quantitative estimate of drug-likeness (QED) is 0.802. The molecule has 1 N–H and O–H groups in total. The van der Waals surface area contributed by atoms with E-state index in [1.165, 1.54) is 11.1 Å². The summed E-state index contributed by atoms with van der Waals surface area (Å²) in [6.45, 7) is 2.86. The summed E-state index contributed by atoms with van der Waals surface area (Å²) in [5.74, 6) is 0.829. The first-order chi connectivity index (χ1) is 9.28. The zero-order valence-electron chi connectivity index (χ0n) is 11.3. The molecule has 0 saturated carbocycles. The predicted octanol–water partition coefficient (Wildman–Crippen LogP) is 3.50. The average Bonchev–Trinajstić information content (AvgIpc) is 2.44. The van der Waals surface area contributed by atoms with Crippen molar-refractivity contribution in [1.29, 1.82) is 0 Å². The number of benzene rings is 2. The van der Waals surface area contributed by atoms with Gasteiger partial charge in [-0.25, -0.2) is 0 Å². The summed E-state index contributed by atoms with van der Waals surface area (Å²) in [5, 5.41) is 9.05. The highest BCUT2D eigenvalue weighted by atomic mass is 16.5. The molecule has 2 rings (SSSR count). The first kappa shape index (κ1) is 13.6. The van der Waals surface area contributed by atoms with Crippen LogP contribution in [0.2, 0.25) is 0 Å². The van der Waals surface area contributed by atoms with Crippen LogP contribution in [0.25, 0.3) is 0 Å². The molecule has 0 amide bonds. The van der Waals surface area contributed by atoms with Crippen LogP contribution in [-0.4, -0.2) is 11.7 Å². The highest BCUT2D eigenvalue weighted by molar-refractivity contribution is 5.28. The zero-order chi connectivity index (χ0) is 13.5. The predicted molar refractivity (Wildman–Crippen MR) is 77.4 cm³/mol. The minimum atomic E-state index is 0.0560. The Balaban J connectivity index is 1.77. The number of aliphatic hydroxyl groups excluding tert-OH is 1. The summed E-state index contributed by atoms with van der Waals surface area (Å²) in [7, 11) is 0. The van der Waals surface area contributed by atoms with E-state index in [9.17, 15) is 0 Å². The molecule has 2 aromatic rings. The molecule has 0 aliphatic heterocycles. The maximum atomic E-state index is 9.05. The highest BCUT2D eigenvalue weighted by Gasteiger charge is 1.97. The molecule has 0 bridgehead atoms. The van der Waals surface area contributed by atoms with Crippen molar-refractivity contribution in [2.24, 2.45) is 0 Å². The molecule has 0 aliphatic carbocycles. The van der Waals surface area contributed by atoms with Crippen LogP contribution in [0.15, 0.2) is 48.5 Å². The van der Waals surface area contributed by atoms with Gasteiger partial charge < -0.3 is 9.84 Å². The van der Waals surface area contributed by atoms with Gasteiger partial charge >= 0.3 is 0 Å². The molecule has 2 heteroatoms. The van der Waals surface area contributed by atoms with Crippen molar-refractivity contribution in [2.45, 2.75) is 26.4 Å². The number of hydrogen-bond donors (Lipinski definition) is 1. The van der Waals surface area contributed by atoms with E-state index in [2.05, 4.69) is 31.2 Å². The second kappa shape index (κ2) is 6.95. The standard InChI is InChI=1S/C17H20O2/c1-14-5-2-6-15(11-14)8-4-10-19-17-9-3-7-16(12-17)13-18/h2-3,5-7,9,11-12,18H,4,8,10,13H2,1H3. The Labute approximate surface area is 114 Å². The van der Waals surface area contributed by atoms with Gasteiger partial charge in [-0.1, -0.05) is 42.0 Å². The number of aryl methyl sites for hydroxylation is 2. The van der Waals surface area contributed by atoms with Crippen molar-refractivity contribution in [3.63, 3.8) is 0 Å². The smallest absolute Gasteiger partial charge is 0.119 e. The van der Waals surface area contributed by atoms with Crippen LogP contribution in [0.3, 0.4) is 0 Å². The number of hydrogen-bond acceptors (Lipinski definition) is 2. The minimum absolute atomic E-state index is 0.0560. The molecule has 0 heterocycles. The third kappa shape index (κ3) is 4.42. The third-order valence-corrected chi connectivity index (χ3v) is 3.04. The van der Waals surface area contributed by atoms with Crippen molar-refractivity contribution >= 4 is 0 Å². The Hall–Kier alpha value is -1.80. The topological polar surface area (TPSA) is 29.5 Å². The molecule has 19 heavy (non-hydrogen) atoms.